The van der Waals surface area contributed by atoms with Crippen LogP contribution in [0, 0.1) is 28.5 Å². The number of ketones is 1. The van der Waals surface area contributed by atoms with Crippen molar-refractivity contribution in [1.82, 2.24) is 0 Å². The van der Waals surface area contributed by atoms with Crippen LogP contribution in [0.1, 0.15) is 47.7 Å². The number of cyclic esters (lactones) is 1. The highest BCUT2D eigenvalue weighted by atomic mass is 19.1. The van der Waals surface area contributed by atoms with Gasteiger partial charge in [-0.25, -0.2) is 9.18 Å². The van der Waals surface area contributed by atoms with Gasteiger partial charge in [-0.1, -0.05) is 12.1 Å². The fourth-order valence-electron chi connectivity index (χ4n) is 6.99. The second-order valence-electron chi connectivity index (χ2n) is 10.4. The SMILES string of the molecule is COC(=O)C12C=C(OC(=O)c3ccccc3F)C(=O)[C@@H]3[C@@]4(N)C[C@@H](c5ccoc5)OC(=O)[C@@H]4CC[C@]31C2. The third kappa shape index (κ3) is 3.11. The summed E-state index contributed by atoms with van der Waals surface area (Å²) in [6, 6.07) is 6.86. The van der Waals surface area contributed by atoms with E-state index in [1.807, 2.05) is 0 Å². The van der Waals surface area contributed by atoms with Gasteiger partial charge in [0.15, 0.2) is 5.76 Å². The Hall–Kier alpha value is -3.79. The molecule has 1 saturated heterocycles. The Morgan fingerprint density at radius 3 is 2.68 bits per heavy atom. The van der Waals surface area contributed by atoms with Crippen LogP contribution in [0.25, 0.3) is 0 Å². The van der Waals surface area contributed by atoms with Crippen molar-refractivity contribution in [2.45, 2.75) is 37.3 Å². The predicted octanol–water partition coefficient (Wildman–Crippen LogP) is 3.00. The molecule has 9 nitrogen and oxygen atoms in total. The van der Waals surface area contributed by atoms with E-state index in [0.717, 1.165) is 6.07 Å². The van der Waals surface area contributed by atoms with Gasteiger partial charge in [0, 0.05) is 22.9 Å². The van der Waals surface area contributed by atoms with E-state index in [-0.39, 0.29) is 18.4 Å². The summed E-state index contributed by atoms with van der Waals surface area (Å²) in [6.45, 7) is 0. The van der Waals surface area contributed by atoms with Gasteiger partial charge in [-0.05, 0) is 43.5 Å². The van der Waals surface area contributed by atoms with Crippen LogP contribution >= 0.6 is 0 Å². The van der Waals surface area contributed by atoms with Crippen molar-refractivity contribution in [2.75, 3.05) is 7.11 Å². The average Bonchev–Trinajstić information content (AvgIpc) is 3.22. The van der Waals surface area contributed by atoms with Gasteiger partial charge in [0.25, 0.3) is 0 Å². The van der Waals surface area contributed by atoms with Gasteiger partial charge in [-0.2, -0.15) is 0 Å². The van der Waals surface area contributed by atoms with Gasteiger partial charge < -0.3 is 24.4 Å². The normalized spacial score (nSPS) is 35.8. The summed E-state index contributed by atoms with van der Waals surface area (Å²) in [5.74, 6) is -5.85. The zero-order valence-electron chi connectivity index (χ0n) is 19.9. The van der Waals surface area contributed by atoms with E-state index < -0.39 is 69.6 Å². The molecule has 4 aliphatic rings. The molecule has 3 aliphatic carbocycles. The Bertz CT molecular complexity index is 1370. The number of ether oxygens (including phenoxy) is 3. The number of carbonyl (C=O) groups excluding carboxylic acids is 4. The lowest BCUT2D eigenvalue weighted by atomic mass is 9.52. The van der Waals surface area contributed by atoms with Crippen molar-refractivity contribution >= 4 is 23.7 Å². The van der Waals surface area contributed by atoms with Gasteiger partial charge in [-0.3, -0.25) is 14.4 Å². The molecule has 1 aromatic carbocycles. The summed E-state index contributed by atoms with van der Waals surface area (Å²) in [7, 11) is 1.24. The fourth-order valence-corrected chi connectivity index (χ4v) is 6.99. The van der Waals surface area contributed by atoms with Crippen LogP contribution in [-0.2, 0) is 28.6 Å². The lowest BCUT2D eigenvalue weighted by Gasteiger charge is -2.54. The second-order valence-corrected chi connectivity index (χ2v) is 10.4. The number of allylic oxidation sites excluding steroid dienone is 1. The van der Waals surface area contributed by atoms with Gasteiger partial charge in [0.05, 0.1) is 42.5 Å². The van der Waals surface area contributed by atoms with Gasteiger partial charge in [0.1, 0.15) is 11.9 Å². The summed E-state index contributed by atoms with van der Waals surface area (Å²) in [5.41, 5.74) is 3.69. The first kappa shape index (κ1) is 23.6. The molecule has 6 rings (SSSR count). The Morgan fingerprint density at radius 1 is 1.19 bits per heavy atom. The number of hydrogen-bond acceptors (Lipinski definition) is 9. The largest absolute Gasteiger partial charge is 0.472 e. The number of Topliss-reactive ketones (excluding diaryl/α,β-unsaturated/α-hetero) is 1. The third-order valence-corrected chi connectivity index (χ3v) is 8.70. The predicted molar refractivity (Wildman–Crippen MR) is 122 cm³/mol. The molecule has 37 heavy (non-hydrogen) atoms. The molecule has 3 fully saturated rings. The quantitative estimate of drug-likeness (QED) is 0.487. The summed E-state index contributed by atoms with van der Waals surface area (Å²) in [6.07, 6.45) is 4.51. The lowest BCUT2D eigenvalue weighted by molar-refractivity contribution is -0.179. The number of halogens is 1. The van der Waals surface area contributed by atoms with Crippen molar-refractivity contribution < 1.29 is 42.2 Å². The Balaban J connectivity index is 1.43. The molecule has 2 heterocycles. The maximum Gasteiger partial charge on any atom is 0.346 e. The minimum atomic E-state index is -1.40. The first-order valence-electron chi connectivity index (χ1n) is 12.0. The van der Waals surface area contributed by atoms with Crippen LogP contribution in [-0.4, -0.2) is 36.3 Å². The van der Waals surface area contributed by atoms with Gasteiger partial charge >= 0.3 is 17.9 Å². The van der Waals surface area contributed by atoms with Crippen LogP contribution in [0.2, 0.25) is 0 Å². The highest BCUT2D eigenvalue weighted by molar-refractivity contribution is 6.06. The Morgan fingerprint density at radius 2 is 1.97 bits per heavy atom. The number of esters is 3. The molecule has 10 heteroatoms. The standard InChI is InChI=1S/C27H24FNO8/c1-34-24(33)26-10-19(37-22(31)15-4-2-3-5-17(15)28)20(30)21-25(26,13-26)8-6-16-23(32)36-18(11-27(16,21)29)14-7-9-35-12-14/h2-5,7,9-10,12,16,18,21H,6,8,11,13,29H2,1H3/t16-,18-,21-,25-,26?,27+/m0/s1. The summed E-state index contributed by atoms with van der Waals surface area (Å²) in [4.78, 5) is 53.1. The molecule has 2 N–H and O–H groups in total. The zero-order valence-corrected chi connectivity index (χ0v) is 19.9. The van der Waals surface area contributed by atoms with Crippen molar-refractivity contribution in [3.05, 3.63) is 71.6 Å². The molecular formula is C27H24FNO8. The Labute approximate surface area is 210 Å². The highest BCUT2D eigenvalue weighted by Gasteiger charge is 2.82. The zero-order chi connectivity index (χ0) is 26.2. The maximum atomic E-state index is 14.2. The third-order valence-electron chi connectivity index (χ3n) is 8.70. The Kier molecular flexibility index (Phi) is 5.01. The molecule has 1 aromatic heterocycles. The number of hydrogen-bond donors (Lipinski definition) is 1. The number of fused-ring (bicyclic) bond motifs is 2. The molecule has 1 aliphatic heterocycles. The van der Waals surface area contributed by atoms with E-state index in [4.69, 9.17) is 24.4 Å². The highest BCUT2D eigenvalue weighted by Crippen LogP contribution is 2.78. The van der Waals surface area contributed by atoms with E-state index in [1.165, 1.54) is 43.9 Å². The van der Waals surface area contributed by atoms with Crippen molar-refractivity contribution in [1.29, 1.82) is 0 Å². The van der Waals surface area contributed by atoms with E-state index in [2.05, 4.69) is 0 Å². The number of benzene rings is 1. The van der Waals surface area contributed by atoms with Crippen molar-refractivity contribution in [3.63, 3.8) is 0 Å². The summed E-state index contributed by atoms with van der Waals surface area (Å²) in [5, 5.41) is 0. The minimum absolute atomic E-state index is 0.104. The molecule has 1 unspecified atom stereocenters. The van der Waals surface area contributed by atoms with Crippen LogP contribution in [0.5, 0.6) is 0 Å². The number of rotatable bonds is 4. The molecule has 2 aromatic rings. The molecule has 1 spiro atoms. The number of methoxy groups -OCH3 is 1. The summed E-state index contributed by atoms with van der Waals surface area (Å²) < 4.78 is 35.6. The van der Waals surface area contributed by atoms with Crippen LogP contribution in [0.3, 0.4) is 0 Å². The molecular weight excluding hydrogens is 485 g/mol. The van der Waals surface area contributed by atoms with Crippen LogP contribution < -0.4 is 5.73 Å². The molecule has 2 saturated carbocycles. The number of carbonyl (C=O) groups is 4. The fraction of sp³-hybridized carbons (Fsp3) is 0.407. The monoisotopic (exact) mass is 509 g/mol. The van der Waals surface area contributed by atoms with E-state index in [9.17, 15) is 23.6 Å². The molecule has 6 atom stereocenters. The van der Waals surface area contributed by atoms with Crippen LogP contribution in [0.15, 0.2) is 59.1 Å². The first-order chi connectivity index (χ1) is 17.7. The van der Waals surface area contributed by atoms with Crippen molar-refractivity contribution in [3.8, 4) is 0 Å². The number of nitrogens with two attached hydrogens (primary N) is 1. The van der Waals surface area contributed by atoms with E-state index in [0.29, 0.717) is 18.4 Å². The number of furan rings is 1. The van der Waals surface area contributed by atoms with E-state index >= 15 is 0 Å². The van der Waals surface area contributed by atoms with Gasteiger partial charge in [0.2, 0.25) is 5.78 Å². The lowest BCUT2D eigenvalue weighted by Crippen LogP contribution is -2.68. The maximum absolute atomic E-state index is 14.2. The average molecular weight is 509 g/mol. The van der Waals surface area contributed by atoms with Crippen LogP contribution in [0.4, 0.5) is 4.39 Å². The first-order valence-corrected chi connectivity index (χ1v) is 12.0. The molecule has 0 amide bonds. The van der Waals surface area contributed by atoms with Crippen molar-refractivity contribution in [2.24, 2.45) is 28.4 Å². The second kappa shape index (κ2) is 7.85. The molecule has 192 valence electrons. The summed E-state index contributed by atoms with van der Waals surface area (Å²) >= 11 is 0. The van der Waals surface area contributed by atoms with Gasteiger partial charge in [-0.15, -0.1) is 0 Å². The molecule has 0 radical (unpaired) electrons. The smallest absolute Gasteiger partial charge is 0.346 e. The minimum Gasteiger partial charge on any atom is -0.472 e. The topological polar surface area (TPSA) is 135 Å². The van der Waals surface area contributed by atoms with E-state index in [1.54, 1.807) is 6.07 Å². The molecule has 0 bridgehead atoms.